The molecule has 9 heteroatoms. The third-order valence-electron chi connectivity index (χ3n) is 13.3. The Morgan fingerprint density at radius 3 is 2.41 bits per heavy atom. The molecule has 8 bridgehead atoms. The van der Waals surface area contributed by atoms with Crippen LogP contribution in [0.4, 0.5) is 0 Å². The molecule has 0 amide bonds. The topological polar surface area (TPSA) is 128 Å². The Kier molecular flexibility index (Phi) is 13.1. The van der Waals surface area contributed by atoms with Gasteiger partial charge in [0.1, 0.15) is 5.92 Å². The van der Waals surface area contributed by atoms with Gasteiger partial charge < -0.3 is 35.2 Å². The summed E-state index contributed by atoms with van der Waals surface area (Å²) in [6, 6.07) is -0.116. The molecule has 9 nitrogen and oxygen atoms in total. The number of fused-ring (bicyclic) bond motifs is 7. The quantitative estimate of drug-likeness (QED) is 0.0686. The fraction of sp³-hybridized carbons (Fsp3) is 0.574. The van der Waals surface area contributed by atoms with Gasteiger partial charge in [-0.1, -0.05) is 86.3 Å². The van der Waals surface area contributed by atoms with E-state index in [2.05, 4.69) is 93.9 Å². The monoisotopic (exact) mass is 767 g/mol. The first kappa shape index (κ1) is 41.6. The zero-order valence-corrected chi connectivity index (χ0v) is 35.3. The van der Waals surface area contributed by atoms with Crippen molar-refractivity contribution in [1.82, 2.24) is 20.6 Å². The number of hydrogen-bond donors (Lipinski definition) is 5. The summed E-state index contributed by atoms with van der Waals surface area (Å²) in [7, 11) is 1.34. The number of allylic oxidation sites excluding steroid dienone is 4. The summed E-state index contributed by atoms with van der Waals surface area (Å²) in [5.41, 5.74) is 9.93. The number of aliphatic hydroxyl groups is 1. The lowest BCUT2D eigenvalue weighted by Gasteiger charge is -2.22. The van der Waals surface area contributed by atoms with Gasteiger partial charge >= 0.3 is 5.97 Å². The number of Topliss-reactive ketones (excluding diaryl/α,β-unsaturated/α-hetero) is 1. The molecule has 4 unspecified atom stereocenters. The van der Waals surface area contributed by atoms with Gasteiger partial charge in [0.05, 0.1) is 12.8 Å². The maximum absolute atomic E-state index is 14.4. The maximum atomic E-state index is 14.4. The summed E-state index contributed by atoms with van der Waals surface area (Å²) in [6.07, 6.45) is 16.6. The van der Waals surface area contributed by atoms with Crippen LogP contribution in [-0.4, -0.2) is 52.9 Å². The van der Waals surface area contributed by atoms with Crippen molar-refractivity contribution in [3.05, 3.63) is 85.7 Å². The largest absolute Gasteiger partial charge is 0.468 e. The number of aromatic nitrogens is 2. The molecule has 5 N–H and O–H groups in total. The van der Waals surface area contributed by atoms with E-state index in [1.807, 2.05) is 13.0 Å². The number of aromatic amines is 2. The highest BCUT2D eigenvalue weighted by Crippen LogP contribution is 2.48. The van der Waals surface area contributed by atoms with Crippen LogP contribution in [0.5, 0.6) is 0 Å². The number of ketones is 1. The van der Waals surface area contributed by atoms with E-state index in [-0.39, 0.29) is 29.6 Å². The minimum absolute atomic E-state index is 0.0663. The summed E-state index contributed by atoms with van der Waals surface area (Å²) in [5, 5.41) is 20.7. The van der Waals surface area contributed by atoms with E-state index in [0.717, 1.165) is 63.4 Å². The average Bonchev–Trinajstić information content (AvgIpc) is 3.91. The van der Waals surface area contributed by atoms with Crippen molar-refractivity contribution >= 4 is 29.5 Å². The molecule has 4 aliphatic rings. The van der Waals surface area contributed by atoms with Crippen LogP contribution in [0, 0.1) is 49.4 Å². The van der Waals surface area contributed by atoms with E-state index in [4.69, 9.17) is 9.47 Å². The van der Waals surface area contributed by atoms with Crippen molar-refractivity contribution in [3.8, 4) is 0 Å². The van der Waals surface area contributed by atoms with Gasteiger partial charge in [-0.05, 0) is 97.8 Å². The summed E-state index contributed by atoms with van der Waals surface area (Å²) in [5.74, 6) is -0.543. The average molecular weight is 767 g/mol. The predicted molar refractivity (Wildman–Crippen MR) is 225 cm³/mol. The molecule has 2 aromatic heterocycles. The summed E-state index contributed by atoms with van der Waals surface area (Å²) in [4.78, 5) is 35.2. The number of esters is 1. The minimum atomic E-state index is -1.09. The van der Waals surface area contributed by atoms with Crippen molar-refractivity contribution in [2.45, 2.75) is 126 Å². The number of methoxy groups -OCH3 is 1. The molecular weight excluding hydrogens is 701 g/mol. The normalized spacial score (nSPS) is 27.7. The van der Waals surface area contributed by atoms with Gasteiger partial charge in [0, 0.05) is 69.1 Å². The van der Waals surface area contributed by atoms with E-state index >= 15 is 0 Å². The fourth-order valence-corrected chi connectivity index (χ4v) is 9.75. The third-order valence-corrected chi connectivity index (χ3v) is 13.3. The Morgan fingerprint density at radius 1 is 1.00 bits per heavy atom. The van der Waals surface area contributed by atoms with E-state index in [9.17, 15) is 14.7 Å². The highest BCUT2D eigenvalue weighted by Gasteiger charge is 2.49. The van der Waals surface area contributed by atoms with Crippen molar-refractivity contribution < 1.29 is 24.2 Å². The standard InChI is InChI=1S/C47H66N4O5/c1-11-15-25(4)16-14-17-26(5)20-21-56-40(52)19-18-33-29(8)36-22-34-27(6)31(12-2)38(48-34)23-35-28(7)32(13-3)39(49-35)24-37-30(9)41-45(51-37)42(44(33)50-36)43(46(41)53)47(54)55-10/h12,22-27,29,33,36,40,43,48-52H,2,11,13-21H2,1,3-10H3/b34-22-,35-23-,39-24-,44-42-/t25-,26?,27?,29+,33+,36?,40?,43-/m1/s1. The van der Waals surface area contributed by atoms with Crippen LogP contribution in [0.25, 0.3) is 17.7 Å². The molecular formula is C47H66N4O5. The van der Waals surface area contributed by atoms with Gasteiger partial charge in [0.2, 0.25) is 0 Å². The second kappa shape index (κ2) is 17.6. The zero-order chi connectivity index (χ0) is 40.4. The highest BCUT2D eigenvalue weighted by molar-refractivity contribution is 6.24. The Hall–Kier alpha value is -4.08. The predicted octanol–water partition coefficient (Wildman–Crippen LogP) is 7.38. The van der Waals surface area contributed by atoms with E-state index in [0.29, 0.717) is 42.2 Å². The lowest BCUT2D eigenvalue weighted by molar-refractivity contribution is -0.141. The molecule has 56 heavy (non-hydrogen) atoms. The van der Waals surface area contributed by atoms with Gasteiger partial charge in [-0.2, -0.15) is 0 Å². The second-order valence-corrected chi connectivity index (χ2v) is 17.1. The number of carbonyl (C=O) groups is 2. The first-order chi connectivity index (χ1) is 26.8. The van der Waals surface area contributed by atoms with Gasteiger partial charge in [0.25, 0.3) is 0 Å². The highest BCUT2D eigenvalue weighted by atomic mass is 16.6. The number of aliphatic hydroxyl groups excluding tert-OH is 1. The van der Waals surface area contributed by atoms with Gasteiger partial charge in [0.15, 0.2) is 12.1 Å². The van der Waals surface area contributed by atoms with Gasteiger partial charge in [-0.3, -0.25) is 9.59 Å². The number of ether oxygens (including phenoxy) is 2. The minimum Gasteiger partial charge on any atom is -0.468 e. The Balaban J connectivity index is 1.37. The number of hydrogen-bond acceptors (Lipinski definition) is 7. The molecule has 1 fully saturated rings. The van der Waals surface area contributed by atoms with E-state index < -0.39 is 18.2 Å². The van der Waals surface area contributed by atoms with Crippen LogP contribution >= 0.6 is 0 Å². The summed E-state index contributed by atoms with van der Waals surface area (Å²) < 4.78 is 11.3. The van der Waals surface area contributed by atoms with Crippen LogP contribution < -0.4 is 21.3 Å². The third kappa shape index (κ3) is 8.04. The zero-order valence-electron chi connectivity index (χ0n) is 35.3. The maximum Gasteiger partial charge on any atom is 0.321 e. The van der Waals surface area contributed by atoms with E-state index in [1.165, 1.54) is 50.3 Å². The summed E-state index contributed by atoms with van der Waals surface area (Å²) in [6.45, 7) is 22.2. The molecule has 5 heterocycles. The molecule has 0 radical (unpaired) electrons. The number of carbonyl (C=O) groups excluding carboxylic acids is 2. The van der Waals surface area contributed by atoms with Gasteiger partial charge in [-0.25, -0.2) is 0 Å². The molecule has 6 rings (SSSR count). The van der Waals surface area contributed by atoms with E-state index in [1.54, 1.807) is 0 Å². The molecule has 0 aromatic carbocycles. The lowest BCUT2D eigenvalue weighted by atomic mass is 9.83. The van der Waals surface area contributed by atoms with Crippen molar-refractivity contribution in [2.75, 3.05) is 13.7 Å². The number of H-pyrrole nitrogens is 2. The molecule has 0 saturated carbocycles. The van der Waals surface area contributed by atoms with Crippen molar-refractivity contribution in [2.24, 2.45) is 35.5 Å². The van der Waals surface area contributed by atoms with Crippen LogP contribution in [0.15, 0.2) is 41.4 Å². The lowest BCUT2D eigenvalue weighted by Crippen LogP contribution is -2.27. The number of rotatable bonds is 16. The number of nitrogens with one attached hydrogen (secondary N) is 4. The SMILES string of the molecule is C=CC1=C2/C=c3\[nH]/c(c(CC)c3C)=C\c3[nH]c4c(c3C)C(=O)[C@H](C(=O)OC)/C4=C3/NC(/C=C(\N2)C1C)[C@@H](C)[C@@H]3CCC(O)OCCC(C)CCC[C@H](C)CCC. The molecule has 1 saturated heterocycles. The van der Waals surface area contributed by atoms with Gasteiger partial charge in [-0.15, -0.1) is 0 Å². The Labute approximate surface area is 333 Å². The van der Waals surface area contributed by atoms with Crippen LogP contribution in [0.2, 0.25) is 0 Å². The molecule has 3 aliphatic heterocycles. The van der Waals surface area contributed by atoms with Crippen LogP contribution in [0.1, 0.15) is 131 Å². The van der Waals surface area contributed by atoms with Crippen molar-refractivity contribution in [3.63, 3.8) is 0 Å². The second-order valence-electron chi connectivity index (χ2n) is 17.1. The molecule has 2 aromatic rings. The fourth-order valence-electron chi connectivity index (χ4n) is 9.75. The molecule has 8 atom stereocenters. The first-order valence-corrected chi connectivity index (χ1v) is 21.2. The first-order valence-electron chi connectivity index (χ1n) is 21.2. The molecule has 0 spiro atoms. The van der Waals surface area contributed by atoms with Crippen molar-refractivity contribution in [1.29, 1.82) is 0 Å². The van der Waals surface area contributed by atoms with Crippen LogP contribution in [-0.2, 0) is 20.7 Å². The Morgan fingerprint density at radius 2 is 1.73 bits per heavy atom. The van der Waals surface area contributed by atoms with Crippen LogP contribution in [0.3, 0.4) is 0 Å². The molecule has 1 aliphatic carbocycles. The smallest absolute Gasteiger partial charge is 0.321 e. The molecule has 304 valence electrons. The summed E-state index contributed by atoms with van der Waals surface area (Å²) >= 11 is 0. The Bertz CT molecular complexity index is 2040.